The van der Waals surface area contributed by atoms with Crippen molar-refractivity contribution < 1.29 is 5.32 Å². The minimum Gasteiger partial charge on any atom is -0.314 e. The van der Waals surface area contributed by atoms with E-state index < -0.39 is 0 Å². The van der Waals surface area contributed by atoms with Crippen molar-refractivity contribution in [2.75, 3.05) is 6.54 Å². The summed E-state index contributed by atoms with van der Waals surface area (Å²) >= 11 is 0. The summed E-state index contributed by atoms with van der Waals surface area (Å²) < 4.78 is 0. The lowest BCUT2D eigenvalue weighted by molar-refractivity contribution is -0.567. The van der Waals surface area contributed by atoms with Crippen molar-refractivity contribution in [3.05, 3.63) is 30.3 Å². The summed E-state index contributed by atoms with van der Waals surface area (Å²) in [6.07, 6.45) is 0. The molecular weight excluding hydrogens is 110 g/mol. The van der Waals surface area contributed by atoms with Crippen LogP contribution in [0, 0.1) is 0 Å². The van der Waals surface area contributed by atoms with Gasteiger partial charge in [0.15, 0.2) is 0 Å². The van der Waals surface area contributed by atoms with Gasteiger partial charge >= 0.3 is 0 Å². The predicted octanol–water partition coefficient (Wildman–Crippen LogP) is 0.901. The van der Waals surface area contributed by atoms with Crippen LogP contribution in [0.15, 0.2) is 30.3 Å². The van der Waals surface area contributed by atoms with E-state index in [1.807, 2.05) is 6.07 Å². The molecule has 0 atom stereocenters. The number of hydrogen-bond acceptors (Lipinski definition) is 0. The fourth-order valence-corrected chi connectivity index (χ4v) is 0.825. The largest absolute Gasteiger partial charge is 0.314 e. The van der Waals surface area contributed by atoms with Gasteiger partial charge in [-0.2, -0.15) is 0 Å². The maximum atomic E-state index is 2.21. The minimum atomic E-state index is 1.12. The molecule has 1 nitrogen and oxygen atoms in total. The quantitative estimate of drug-likeness (QED) is 0.561. The highest BCUT2D eigenvalue weighted by molar-refractivity contribution is 5.26. The average Bonchev–Trinajstić information content (AvgIpc) is 1.91. The Hall–Kier alpha value is -0.820. The minimum absolute atomic E-state index is 1.12. The molecule has 0 aliphatic carbocycles. The molecular formula is C8H12N+. The standard InChI is InChI=1S/C8H11N/c1-2-9-8-6-4-3-5-7-8/h3-7,9H,2H2,1H3/p+1. The van der Waals surface area contributed by atoms with Crippen LogP contribution in [-0.4, -0.2) is 6.54 Å². The molecule has 1 aromatic carbocycles. The van der Waals surface area contributed by atoms with E-state index in [9.17, 15) is 0 Å². The highest BCUT2D eigenvalue weighted by atomic mass is 14.8. The van der Waals surface area contributed by atoms with Gasteiger partial charge in [0.25, 0.3) is 0 Å². The molecule has 0 heterocycles. The highest BCUT2D eigenvalue weighted by Gasteiger charge is 1.87. The summed E-state index contributed by atoms with van der Waals surface area (Å²) in [5.41, 5.74) is 1.32. The summed E-state index contributed by atoms with van der Waals surface area (Å²) in [6.45, 7) is 3.26. The molecule has 0 saturated carbocycles. The van der Waals surface area contributed by atoms with Crippen molar-refractivity contribution >= 4 is 5.69 Å². The first-order valence-corrected chi connectivity index (χ1v) is 3.31. The molecule has 0 bridgehead atoms. The Balaban J connectivity index is 2.61. The first kappa shape index (κ1) is 6.30. The number of para-hydroxylation sites is 1. The SMILES string of the molecule is CC[NH2+]c1ccccc1. The smallest absolute Gasteiger partial charge is 0.129 e. The maximum Gasteiger partial charge on any atom is 0.129 e. The number of rotatable bonds is 2. The van der Waals surface area contributed by atoms with Gasteiger partial charge in [-0.15, -0.1) is 0 Å². The van der Waals surface area contributed by atoms with E-state index in [0.717, 1.165) is 6.54 Å². The molecule has 0 amide bonds. The Kier molecular flexibility index (Phi) is 2.28. The van der Waals surface area contributed by atoms with Crippen LogP contribution in [0.5, 0.6) is 0 Å². The number of quaternary nitrogens is 1. The monoisotopic (exact) mass is 122 g/mol. The lowest BCUT2D eigenvalue weighted by Crippen LogP contribution is -2.77. The zero-order valence-corrected chi connectivity index (χ0v) is 5.67. The summed E-state index contributed by atoms with van der Waals surface area (Å²) in [6, 6.07) is 10.4. The van der Waals surface area contributed by atoms with Crippen molar-refractivity contribution in [3.8, 4) is 0 Å². The maximum absolute atomic E-state index is 2.21. The third kappa shape index (κ3) is 1.86. The van der Waals surface area contributed by atoms with Gasteiger partial charge in [0.1, 0.15) is 5.69 Å². The molecule has 0 spiro atoms. The van der Waals surface area contributed by atoms with Crippen molar-refractivity contribution in [2.24, 2.45) is 0 Å². The molecule has 0 aliphatic rings. The summed E-state index contributed by atoms with van der Waals surface area (Å²) in [5, 5.41) is 2.21. The van der Waals surface area contributed by atoms with E-state index in [-0.39, 0.29) is 0 Å². The Morgan fingerprint density at radius 1 is 1.22 bits per heavy atom. The van der Waals surface area contributed by atoms with E-state index in [4.69, 9.17) is 0 Å². The van der Waals surface area contributed by atoms with Gasteiger partial charge in [-0.1, -0.05) is 18.2 Å². The van der Waals surface area contributed by atoms with Gasteiger partial charge in [-0.3, -0.25) is 0 Å². The van der Waals surface area contributed by atoms with Crippen molar-refractivity contribution in [3.63, 3.8) is 0 Å². The molecule has 0 radical (unpaired) electrons. The lowest BCUT2D eigenvalue weighted by Gasteiger charge is -1.93. The van der Waals surface area contributed by atoms with Crippen LogP contribution in [-0.2, 0) is 0 Å². The lowest BCUT2D eigenvalue weighted by atomic mass is 10.3. The molecule has 0 aliphatic heterocycles. The van der Waals surface area contributed by atoms with Crippen molar-refractivity contribution in [1.29, 1.82) is 0 Å². The Morgan fingerprint density at radius 2 is 1.89 bits per heavy atom. The van der Waals surface area contributed by atoms with E-state index >= 15 is 0 Å². The second kappa shape index (κ2) is 3.25. The van der Waals surface area contributed by atoms with Gasteiger partial charge < -0.3 is 5.32 Å². The first-order chi connectivity index (χ1) is 4.43. The third-order valence-electron chi connectivity index (χ3n) is 1.24. The number of hydrogen-bond donors (Lipinski definition) is 1. The zero-order valence-electron chi connectivity index (χ0n) is 5.67. The van der Waals surface area contributed by atoms with Gasteiger partial charge in [-0.25, -0.2) is 0 Å². The molecule has 0 fully saturated rings. The van der Waals surface area contributed by atoms with Crippen molar-refractivity contribution in [1.82, 2.24) is 0 Å². The molecule has 0 aromatic heterocycles. The van der Waals surface area contributed by atoms with Gasteiger partial charge in [0, 0.05) is 0 Å². The predicted molar refractivity (Wildman–Crippen MR) is 38.6 cm³/mol. The van der Waals surface area contributed by atoms with Gasteiger partial charge in [0.2, 0.25) is 0 Å². The molecule has 1 heteroatoms. The van der Waals surface area contributed by atoms with E-state index in [1.165, 1.54) is 5.69 Å². The summed E-state index contributed by atoms with van der Waals surface area (Å²) in [7, 11) is 0. The van der Waals surface area contributed by atoms with Crippen LogP contribution >= 0.6 is 0 Å². The third-order valence-corrected chi connectivity index (χ3v) is 1.24. The van der Waals surface area contributed by atoms with Gasteiger partial charge in [-0.05, 0) is 19.1 Å². The van der Waals surface area contributed by atoms with E-state index in [2.05, 4.69) is 36.5 Å². The second-order valence-corrected chi connectivity index (χ2v) is 2.02. The normalized spacial score (nSPS) is 9.44. The fourth-order valence-electron chi connectivity index (χ4n) is 0.825. The highest BCUT2D eigenvalue weighted by Crippen LogP contribution is 1.94. The van der Waals surface area contributed by atoms with Crippen LogP contribution in [0.4, 0.5) is 5.69 Å². The van der Waals surface area contributed by atoms with E-state index in [1.54, 1.807) is 0 Å². The molecule has 0 saturated heterocycles. The Labute approximate surface area is 55.7 Å². The Bertz CT molecular complexity index is 157. The summed E-state index contributed by atoms with van der Waals surface area (Å²) in [5.74, 6) is 0. The van der Waals surface area contributed by atoms with Crippen LogP contribution in [0.25, 0.3) is 0 Å². The number of benzene rings is 1. The number of nitrogens with two attached hydrogens (primary N) is 1. The van der Waals surface area contributed by atoms with Gasteiger partial charge in [0.05, 0.1) is 6.54 Å². The second-order valence-electron chi connectivity index (χ2n) is 2.02. The Morgan fingerprint density at radius 3 is 2.44 bits per heavy atom. The first-order valence-electron chi connectivity index (χ1n) is 3.31. The fraction of sp³-hybridized carbons (Fsp3) is 0.250. The zero-order chi connectivity index (χ0) is 6.53. The van der Waals surface area contributed by atoms with Crippen LogP contribution in [0.2, 0.25) is 0 Å². The molecule has 2 N–H and O–H groups in total. The van der Waals surface area contributed by atoms with Crippen LogP contribution < -0.4 is 5.32 Å². The topological polar surface area (TPSA) is 16.6 Å². The molecule has 48 valence electrons. The van der Waals surface area contributed by atoms with E-state index in [0.29, 0.717) is 0 Å². The van der Waals surface area contributed by atoms with Crippen molar-refractivity contribution in [2.45, 2.75) is 6.92 Å². The molecule has 1 aromatic rings. The molecule has 1 rings (SSSR count). The van der Waals surface area contributed by atoms with Crippen LogP contribution in [0.1, 0.15) is 6.92 Å². The molecule has 0 unspecified atom stereocenters. The van der Waals surface area contributed by atoms with Crippen LogP contribution in [0.3, 0.4) is 0 Å². The summed E-state index contributed by atoms with van der Waals surface area (Å²) in [4.78, 5) is 0. The average molecular weight is 122 g/mol. The molecule has 9 heavy (non-hydrogen) atoms.